The fourth-order valence-corrected chi connectivity index (χ4v) is 1.91. The van der Waals surface area contributed by atoms with Crippen LogP contribution >= 0.6 is 0 Å². The number of amides is 1. The molecular weight excluding hydrogens is 242 g/mol. The van der Waals surface area contributed by atoms with E-state index in [9.17, 15) is 4.79 Å². The van der Waals surface area contributed by atoms with Crippen molar-refractivity contribution in [2.24, 2.45) is 0 Å². The van der Waals surface area contributed by atoms with Crippen LogP contribution in [0.3, 0.4) is 0 Å². The molecule has 1 aliphatic carbocycles. The summed E-state index contributed by atoms with van der Waals surface area (Å²) < 4.78 is 5.68. The second kappa shape index (κ2) is 4.66. The first kappa shape index (κ1) is 12.2. The number of nitrogens with zero attached hydrogens (tertiary/aromatic N) is 1. The van der Waals surface area contributed by atoms with Gasteiger partial charge in [-0.25, -0.2) is 4.98 Å². The highest BCUT2D eigenvalue weighted by Gasteiger charge is 2.28. The molecule has 0 spiro atoms. The van der Waals surface area contributed by atoms with Crippen molar-refractivity contribution in [3.05, 3.63) is 24.1 Å². The molecule has 0 saturated heterocycles. The van der Waals surface area contributed by atoms with Crippen LogP contribution in [0.2, 0.25) is 0 Å². The molecule has 5 nitrogen and oxygen atoms in total. The van der Waals surface area contributed by atoms with Crippen molar-refractivity contribution < 1.29 is 9.21 Å². The average molecular weight is 259 g/mol. The number of hydrogen-bond acceptors (Lipinski definition) is 4. The summed E-state index contributed by atoms with van der Waals surface area (Å²) in [6, 6.07) is 5.32. The van der Waals surface area contributed by atoms with Crippen molar-refractivity contribution in [3.63, 3.8) is 0 Å². The van der Waals surface area contributed by atoms with Crippen LogP contribution in [-0.2, 0) is 4.79 Å². The normalized spacial score (nSPS) is 16.5. The van der Waals surface area contributed by atoms with Gasteiger partial charge in [0.25, 0.3) is 0 Å². The zero-order chi connectivity index (χ0) is 13.4. The van der Waals surface area contributed by atoms with Crippen molar-refractivity contribution in [2.45, 2.75) is 31.7 Å². The second-order valence-electron chi connectivity index (χ2n) is 5.01. The molecular formula is C14H17N3O2. The number of nitrogens with one attached hydrogen (secondary N) is 2. The van der Waals surface area contributed by atoms with Gasteiger partial charge in [0, 0.05) is 11.6 Å². The Bertz CT molecular complexity index is 616. The predicted molar refractivity (Wildman–Crippen MR) is 73.1 cm³/mol. The van der Waals surface area contributed by atoms with Crippen LogP contribution in [0.1, 0.15) is 31.6 Å². The van der Waals surface area contributed by atoms with Gasteiger partial charge in [0.05, 0.1) is 6.04 Å². The molecule has 1 saturated carbocycles. The lowest BCUT2D eigenvalue weighted by Gasteiger charge is -2.10. The second-order valence-corrected chi connectivity index (χ2v) is 5.01. The van der Waals surface area contributed by atoms with Gasteiger partial charge < -0.3 is 15.1 Å². The van der Waals surface area contributed by atoms with E-state index < -0.39 is 0 Å². The highest BCUT2D eigenvalue weighted by Crippen LogP contribution is 2.40. The SMILES string of the molecule is CNC(C)C(=O)Nc1ccc2oc(C3CC3)nc2c1. The Morgan fingerprint density at radius 1 is 1.47 bits per heavy atom. The molecule has 1 aliphatic rings. The van der Waals surface area contributed by atoms with Gasteiger partial charge in [0.2, 0.25) is 5.91 Å². The van der Waals surface area contributed by atoms with E-state index in [0.717, 1.165) is 35.5 Å². The van der Waals surface area contributed by atoms with Crippen LogP contribution in [0.15, 0.2) is 22.6 Å². The number of carbonyl (C=O) groups is 1. The van der Waals surface area contributed by atoms with Crippen LogP contribution in [0.4, 0.5) is 5.69 Å². The van der Waals surface area contributed by atoms with Gasteiger partial charge in [-0.2, -0.15) is 0 Å². The zero-order valence-corrected chi connectivity index (χ0v) is 11.1. The van der Waals surface area contributed by atoms with E-state index in [0.29, 0.717) is 5.92 Å². The first-order chi connectivity index (χ1) is 9.17. The highest BCUT2D eigenvalue weighted by atomic mass is 16.3. The van der Waals surface area contributed by atoms with Crippen LogP contribution in [0.25, 0.3) is 11.1 Å². The minimum Gasteiger partial charge on any atom is -0.440 e. The number of fused-ring (bicyclic) bond motifs is 1. The van der Waals surface area contributed by atoms with Gasteiger partial charge in [-0.05, 0) is 45.0 Å². The summed E-state index contributed by atoms with van der Waals surface area (Å²) in [6.07, 6.45) is 2.33. The summed E-state index contributed by atoms with van der Waals surface area (Å²) in [5.41, 5.74) is 2.33. The van der Waals surface area contributed by atoms with E-state index in [-0.39, 0.29) is 11.9 Å². The van der Waals surface area contributed by atoms with E-state index in [2.05, 4.69) is 15.6 Å². The molecule has 2 N–H and O–H groups in total. The number of oxazole rings is 1. The number of rotatable bonds is 4. The van der Waals surface area contributed by atoms with Gasteiger partial charge in [0.1, 0.15) is 5.52 Å². The molecule has 1 amide bonds. The maximum absolute atomic E-state index is 11.8. The first-order valence-electron chi connectivity index (χ1n) is 6.56. The van der Waals surface area contributed by atoms with E-state index in [1.165, 1.54) is 0 Å². The van der Waals surface area contributed by atoms with Gasteiger partial charge >= 0.3 is 0 Å². The lowest BCUT2D eigenvalue weighted by atomic mass is 10.2. The van der Waals surface area contributed by atoms with Crippen molar-refractivity contribution in [1.29, 1.82) is 0 Å². The lowest BCUT2D eigenvalue weighted by molar-refractivity contribution is -0.117. The molecule has 0 radical (unpaired) electrons. The zero-order valence-electron chi connectivity index (χ0n) is 11.1. The van der Waals surface area contributed by atoms with Crippen molar-refractivity contribution >= 4 is 22.7 Å². The fraction of sp³-hybridized carbons (Fsp3) is 0.429. The maximum atomic E-state index is 11.8. The van der Waals surface area contributed by atoms with Gasteiger partial charge in [-0.15, -0.1) is 0 Å². The summed E-state index contributed by atoms with van der Waals surface area (Å²) in [5, 5.41) is 5.76. The Morgan fingerprint density at radius 3 is 2.95 bits per heavy atom. The van der Waals surface area contributed by atoms with E-state index in [1.807, 2.05) is 25.1 Å². The van der Waals surface area contributed by atoms with Crippen molar-refractivity contribution in [2.75, 3.05) is 12.4 Å². The number of benzene rings is 1. The molecule has 1 atom stereocenters. The monoisotopic (exact) mass is 259 g/mol. The van der Waals surface area contributed by atoms with Crippen LogP contribution in [-0.4, -0.2) is 24.0 Å². The first-order valence-corrected chi connectivity index (χ1v) is 6.56. The Labute approximate surface area is 111 Å². The minimum absolute atomic E-state index is 0.0623. The number of likely N-dealkylation sites (N-methyl/N-ethyl adjacent to an activating group) is 1. The van der Waals surface area contributed by atoms with Gasteiger partial charge in [-0.3, -0.25) is 4.79 Å². The van der Waals surface area contributed by atoms with Crippen LogP contribution < -0.4 is 10.6 Å². The van der Waals surface area contributed by atoms with Crippen molar-refractivity contribution in [3.8, 4) is 0 Å². The molecule has 3 rings (SSSR count). The molecule has 0 aliphatic heterocycles. The Kier molecular flexibility index (Phi) is 2.98. The molecule has 19 heavy (non-hydrogen) atoms. The molecule has 1 aromatic carbocycles. The Hall–Kier alpha value is -1.88. The summed E-state index contributed by atoms with van der Waals surface area (Å²) in [5.74, 6) is 1.25. The average Bonchev–Trinajstić information content (AvgIpc) is 3.17. The van der Waals surface area contributed by atoms with E-state index in [4.69, 9.17) is 4.42 Å². The minimum atomic E-state index is -0.227. The van der Waals surface area contributed by atoms with Crippen LogP contribution in [0, 0.1) is 0 Å². The molecule has 2 aromatic rings. The van der Waals surface area contributed by atoms with Crippen LogP contribution in [0.5, 0.6) is 0 Å². The lowest BCUT2D eigenvalue weighted by Crippen LogP contribution is -2.35. The molecule has 1 heterocycles. The molecule has 5 heteroatoms. The van der Waals surface area contributed by atoms with E-state index >= 15 is 0 Å². The smallest absolute Gasteiger partial charge is 0.241 e. The largest absolute Gasteiger partial charge is 0.440 e. The molecule has 0 bridgehead atoms. The van der Waals surface area contributed by atoms with Gasteiger partial charge in [-0.1, -0.05) is 0 Å². The Balaban J connectivity index is 1.82. The third kappa shape index (κ3) is 2.46. The predicted octanol–water partition coefficient (Wildman–Crippen LogP) is 2.25. The van der Waals surface area contributed by atoms with Gasteiger partial charge in [0.15, 0.2) is 11.5 Å². The summed E-state index contributed by atoms with van der Waals surface area (Å²) in [4.78, 5) is 16.3. The third-order valence-electron chi connectivity index (χ3n) is 3.42. The molecule has 100 valence electrons. The Morgan fingerprint density at radius 2 is 2.26 bits per heavy atom. The number of aromatic nitrogens is 1. The molecule has 1 unspecified atom stereocenters. The van der Waals surface area contributed by atoms with Crippen molar-refractivity contribution in [1.82, 2.24) is 10.3 Å². The highest BCUT2D eigenvalue weighted by molar-refractivity contribution is 5.96. The molecule has 1 fully saturated rings. The topological polar surface area (TPSA) is 67.2 Å². The standard InChI is InChI=1S/C14H17N3O2/c1-8(15-2)13(18)16-10-5-6-12-11(7-10)17-14(19-12)9-3-4-9/h5-9,15H,3-4H2,1-2H3,(H,16,18). The maximum Gasteiger partial charge on any atom is 0.241 e. The molecule has 1 aromatic heterocycles. The quantitative estimate of drug-likeness (QED) is 0.883. The van der Waals surface area contributed by atoms with E-state index in [1.54, 1.807) is 7.05 Å². The fourth-order valence-electron chi connectivity index (χ4n) is 1.91. The number of anilines is 1. The third-order valence-corrected chi connectivity index (χ3v) is 3.42. The summed E-state index contributed by atoms with van der Waals surface area (Å²) >= 11 is 0. The summed E-state index contributed by atoms with van der Waals surface area (Å²) in [6.45, 7) is 1.81. The number of carbonyl (C=O) groups excluding carboxylic acids is 1. The number of hydrogen-bond donors (Lipinski definition) is 2. The summed E-state index contributed by atoms with van der Waals surface area (Å²) in [7, 11) is 1.76.